The van der Waals surface area contributed by atoms with Crippen LogP contribution in [-0.2, 0) is 9.59 Å². The molecule has 2 N–H and O–H groups in total. The summed E-state index contributed by atoms with van der Waals surface area (Å²) in [6.07, 6.45) is 1.15. The Hall–Kier alpha value is -2.82. The van der Waals surface area contributed by atoms with E-state index in [-0.39, 0.29) is 11.8 Å². The normalized spacial score (nSPS) is 14.2. The molecule has 0 saturated heterocycles. The van der Waals surface area contributed by atoms with Crippen LogP contribution in [0.1, 0.15) is 43.4 Å². The highest BCUT2D eigenvalue weighted by Crippen LogP contribution is 2.47. The Labute approximate surface area is 173 Å². The minimum atomic E-state index is -0.971. The molecule has 154 valence electrons. The van der Waals surface area contributed by atoms with Gasteiger partial charge in [-0.05, 0) is 82.9 Å². The van der Waals surface area contributed by atoms with E-state index in [1.807, 2.05) is 51.1 Å². The fraction of sp³-hybridized carbons (Fsp3) is 0.417. The van der Waals surface area contributed by atoms with Crippen molar-refractivity contribution in [3.05, 3.63) is 53.1 Å². The molecule has 2 aromatic rings. The summed E-state index contributed by atoms with van der Waals surface area (Å²) in [5.74, 6) is -0.446. The van der Waals surface area contributed by atoms with Gasteiger partial charge in [0, 0.05) is 30.2 Å². The van der Waals surface area contributed by atoms with Gasteiger partial charge in [0.15, 0.2) is 0 Å². The number of carbonyl (C=O) groups excluding carboxylic acids is 2. The number of nitrogens with zero attached hydrogens (tertiary/aromatic N) is 1. The first-order valence-corrected chi connectivity index (χ1v) is 10.4. The van der Waals surface area contributed by atoms with Gasteiger partial charge in [-0.3, -0.25) is 9.59 Å². The molecule has 2 aromatic carbocycles. The fourth-order valence-corrected chi connectivity index (χ4v) is 3.69. The number of benzene rings is 2. The van der Waals surface area contributed by atoms with Gasteiger partial charge in [-0.25, -0.2) is 0 Å². The van der Waals surface area contributed by atoms with Crippen LogP contribution < -0.4 is 15.5 Å². The molecule has 1 aliphatic rings. The Balaban J connectivity index is 1.72. The summed E-state index contributed by atoms with van der Waals surface area (Å²) >= 11 is 0. The molecule has 5 heteroatoms. The van der Waals surface area contributed by atoms with E-state index in [1.54, 1.807) is 0 Å². The largest absolute Gasteiger partial charge is 0.372 e. The lowest BCUT2D eigenvalue weighted by atomic mass is 10.0. The summed E-state index contributed by atoms with van der Waals surface area (Å²) in [5, 5.41) is 5.94. The van der Waals surface area contributed by atoms with Crippen molar-refractivity contribution in [2.75, 3.05) is 28.6 Å². The van der Waals surface area contributed by atoms with Crippen LogP contribution in [0.3, 0.4) is 0 Å². The van der Waals surface area contributed by atoms with Crippen LogP contribution in [0.4, 0.5) is 17.1 Å². The molecule has 1 saturated carbocycles. The van der Waals surface area contributed by atoms with Crippen LogP contribution in [-0.4, -0.2) is 24.9 Å². The smallest absolute Gasteiger partial charge is 0.240 e. The number of carbonyl (C=O) groups is 2. The van der Waals surface area contributed by atoms with Gasteiger partial charge in [0.25, 0.3) is 0 Å². The van der Waals surface area contributed by atoms with E-state index < -0.39 is 5.41 Å². The molecule has 0 aromatic heterocycles. The van der Waals surface area contributed by atoms with Crippen molar-refractivity contribution in [2.45, 2.75) is 47.5 Å². The lowest BCUT2D eigenvalue weighted by molar-refractivity contribution is -0.131. The van der Waals surface area contributed by atoms with Gasteiger partial charge in [-0.15, -0.1) is 0 Å². The topological polar surface area (TPSA) is 61.4 Å². The lowest BCUT2D eigenvalue weighted by Gasteiger charge is -2.23. The minimum absolute atomic E-state index is 0.223. The zero-order chi connectivity index (χ0) is 21.2. The van der Waals surface area contributed by atoms with E-state index in [2.05, 4.69) is 35.4 Å². The molecule has 3 rings (SSSR count). The third kappa shape index (κ3) is 4.29. The van der Waals surface area contributed by atoms with Crippen LogP contribution in [0.5, 0.6) is 0 Å². The highest BCUT2D eigenvalue weighted by atomic mass is 16.2. The average molecular weight is 394 g/mol. The van der Waals surface area contributed by atoms with E-state index in [9.17, 15) is 9.59 Å². The summed E-state index contributed by atoms with van der Waals surface area (Å²) < 4.78 is 0. The number of nitrogens with one attached hydrogen (secondary N) is 2. The zero-order valence-electron chi connectivity index (χ0n) is 18.1. The summed E-state index contributed by atoms with van der Waals surface area (Å²) in [5.41, 5.74) is 4.82. The van der Waals surface area contributed by atoms with Gasteiger partial charge in [0.1, 0.15) is 5.41 Å². The lowest BCUT2D eigenvalue weighted by Crippen LogP contribution is -2.36. The highest BCUT2D eigenvalue weighted by molar-refractivity contribution is 6.17. The molecule has 2 amide bonds. The second-order valence-corrected chi connectivity index (χ2v) is 7.98. The monoisotopic (exact) mass is 393 g/mol. The molecule has 0 heterocycles. The standard InChI is InChI=1S/C24H31N3O2/c1-6-27(7-2)19-9-11-21(18(5)15-19)26-23(29)24(12-13-24)22(28)25-20-10-8-16(3)14-17(20)4/h8-11,14-15H,6-7,12-13H2,1-5H3,(H,25,28)(H,26,29). The number of hydrogen-bond acceptors (Lipinski definition) is 3. The molecule has 1 fully saturated rings. The van der Waals surface area contributed by atoms with Gasteiger partial charge >= 0.3 is 0 Å². The van der Waals surface area contributed by atoms with Gasteiger partial charge in [-0.1, -0.05) is 17.7 Å². The molecule has 0 atom stereocenters. The first-order valence-electron chi connectivity index (χ1n) is 10.4. The van der Waals surface area contributed by atoms with Crippen LogP contribution >= 0.6 is 0 Å². The molecule has 29 heavy (non-hydrogen) atoms. The third-order valence-corrected chi connectivity index (χ3v) is 5.84. The molecule has 0 bridgehead atoms. The van der Waals surface area contributed by atoms with Crippen LogP contribution in [0.25, 0.3) is 0 Å². The Morgan fingerprint density at radius 1 is 0.862 bits per heavy atom. The molecule has 5 nitrogen and oxygen atoms in total. The predicted molar refractivity (Wildman–Crippen MR) is 120 cm³/mol. The van der Waals surface area contributed by atoms with Crippen LogP contribution in [0.15, 0.2) is 36.4 Å². The Kier molecular flexibility index (Phi) is 5.96. The van der Waals surface area contributed by atoms with Crippen molar-refractivity contribution in [3.63, 3.8) is 0 Å². The Bertz CT molecular complexity index is 928. The van der Waals surface area contributed by atoms with E-state index in [4.69, 9.17) is 0 Å². The van der Waals surface area contributed by atoms with Crippen LogP contribution in [0, 0.1) is 26.2 Å². The van der Waals surface area contributed by atoms with Crippen molar-refractivity contribution in [1.82, 2.24) is 0 Å². The van der Waals surface area contributed by atoms with Crippen molar-refractivity contribution in [3.8, 4) is 0 Å². The van der Waals surface area contributed by atoms with Gasteiger partial charge in [-0.2, -0.15) is 0 Å². The fourth-order valence-electron chi connectivity index (χ4n) is 3.69. The summed E-state index contributed by atoms with van der Waals surface area (Å²) in [7, 11) is 0. The van der Waals surface area contributed by atoms with Gasteiger partial charge in [0.05, 0.1) is 0 Å². The predicted octanol–water partition coefficient (Wildman–Crippen LogP) is 4.82. The first-order chi connectivity index (χ1) is 13.8. The third-order valence-electron chi connectivity index (χ3n) is 5.84. The Morgan fingerprint density at radius 2 is 1.38 bits per heavy atom. The van der Waals surface area contributed by atoms with Gasteiger partial charge in [0.2, 0.25) is 11.8 Å². The molecule has 0 spiro atoms. The molecule has 1 aliphatic carbocycles. The second kappa shape index (κ2) is 8.27. The molecule has 0 unspecified atom stereocenters. The molecule has 0 aliphatic heterocycles. The number of anilines is 3. The summed E-state index contributed by atoms with van der Waals surface area (Å²) in [6.45, 7) is 12.1. The molecule has 0 radical (unpaired) electrons. The van der Waals surface area contributed by atoms with Crippen LogP contribution in [0.2, 0.25) is 0 Å². The quantitative estimate of drug-likeness (QED) is 0.663. The number of hydrogen-bond donors (Lipinski definition) is 2. The molecular formula is C24H31N3O2. The molecular weight excluding hydrogens is 362 g/mol. The van der Waals surface area contributed by atoms with E-state index in [1.165, 1.54) is 0 Å². The highest BCUT2D eigenvalue weighted by Gasteiger charge is 2.56. The SMILES string of the molecule is CCN(CC)c1ccc(NC(=O)C2(C(=O)Nc3ccc(C)cc3C)CC2)c(C)c1. The maximum atomic E-state index is 13.0. The van der Waals surface area contributed by atoms with Crippen molar-refractivity contribution in [2.24, 2.45) is 5.41 Å². The van der Waals surface area contributed by atoms with E-state index in [0.29, 0.717) is 12.8 Å². The van der Waals surface area contributed by atoms with Gasteiger partial charge < -0.3 is 15.5 Å². The zero-order valence-corrected chi connectivity index (χ0v) is 18.1. The van der Waals surface area contributed by atoms with E-state index >= 15 is 0 Å². The maximum absolute atomic E-state index is 13.0. The summed E-state index contributed by atoms with van der Waals surface area (Å²) in [6, 6.07) is 11.9. The summed E-state index contributed by atoms with van der Waals surface area (Å²) in [4.78, 5) is 28.1. The van der Waals surface area contributed by atoms with Crippen molar-refractivity contribution >= 4 is 28.9 Å². The minimum Gasteiger partial charge on any atom is -0.372 e. The van der Waals surface area contributed by atoms with Crippen molar-refractivity contribution in [1.29, 1.82) is 0 Å². The number of amides is 2. The Morgan fingerprint density at radius 3 is 1.83 bits per heavy atom. The number of aryl methyl sites for hydroxylation is 3. The number of rotatable bonds is 7. The second-order valence-electron chi connectivity index (χ2n) is 7.98. The maximum Gasteiger partial charge on any atom is 0.240 e. The van der Waals surface area contributed by atoms with E-state index in [0.717, 1.165) is 46.8 Å². The van der Waals surface area contributed by atoms with Crippen molar-refractivity contribution < 1.29 is 9.59 Å². The average Bonchev–Trinajstić information content (AvgIpc) is 3.49. The first kappa shape index (κ1) is 20.9.